The monoisotopic (exact) mass is 287 g/mol. The molecule has 0 radical (unpaired) electrons. The van der Waals surface area contributed by atoms with Crippen LogP contribution in [0.15, 0.2) is 24.3 Å². The van der Waals surface area contributed by atoms with Gasteiger partial charge in [-0.05, 0) is 31.5 Å². The van der Waals surface area contributed by atoms with Crippen LogP contribution in [0.5, 0.6) is 0 Å². The van der Waals surface area contributed by atoms with Gasteiger partial charge in [-0.15, -0.1) is 10.2 Å². The summed E-state index contributed by atoms with van der Waals surface area (Å²) in [5, 5.41) is 12.1. The topological polar surface area (TPSA) is 63.2 Å². The van der Waals surface area contributed by atoms with E-state index in [1.54, 1.807) is 7.11 Å². The molecule has 6 heteroatoms. The molecule has 1 unspecified atom stereocenters. The lowest BCUT2D eigenvalue weighted by molar-refractivity contribution is 0.204. The van der Waals surface area contributed by atoms with Crippen molar-refractivity contribution < 1.29 is 4.74 Å². The normalized spacial score (nSPS) is 18.2. The van der Waals surface area contributed by atoms with Crippen LogP contribution in [-0.4, -0.2) is 54.6 Å². The van der Waals surface area contributed by atoms with E-state index in [0.717, 1.165) is 30.7 Å². The average molecular weight is 287 g/mol. The number of nitrogens with zero attached hydrogens (tertiary/aromatic N) is 4. The van der Waals surface area contributed by atoms with Crippen LogP contribution in [0.2, 0.25) is 0 Å². The minimum Gasteiger partial charge on any atom is -0.383 e. The van der Waals surface area contributed by atoms with Gasteiger partial charge < -0.3 is 15.0 Å². The van der Waals surface area contributed by atoms with Crippen LogP contribution >= 0.6 is 0 Å². The summed E-state index contributed by atoms with van der Waals surface area (Å²) in [5.74, 6) is 0.680. The number of benzene rings is 1. The maximum atomic E-state index is 5.21. The van der Waals surface area contributed by atoms with Crippen molar-refractivity contribution >= 4 is 17.0 Å². The number of nitrogens with one attached hydrogen (secondary N) is 1. The van der Waals surface area contributed by atoms with Crippen molar-refractivity contribution in [2.45, 2.75) is 18.9 Å². The Morgan fingerprint density at radius 3 is 2.90 bits per heavy atom. The second kappa shape index (κ2) is 6.78. The van der Waals surface area contributed by atoms with Gasteiger partial charge in [-0.3, -0.25) is 0 Å². The molecule has 2 aromatic rings. The van der Waals surface area contributed by atoms with Crippen molar-refractivity contribution in [3.63, 3.8) is 0 Å². The standard InChI is InChI=1S/C15H21N5O/c1-21-10-9-20(11-12-5-4-8-16-12)15-17-13-6-2-3-7-14(13)18-19-15/h2-3,6-7,12,16H,4-5,8-11H2,1H3. The van der Waals surface area contributed by atoms with Gasteiger partial charge in [-0.25, -0.2) is 4.98 Å². The lowest BCUT2D eigenvalue weighted by atomic mass is 10.2. The molecule has 0 bridgehead atoms. The minimum atomic E-state index is 0.497. The number of rotatable bonds is 6. The predicted octanol–water partition coefficient (Wildman–Crippen LogP) is 1.23. The zero-order valence-electron chi connectivity index (χ0n) is 12.3. The highest BCUT2D eigenvalue weighted by Crippen LogP contribution is 2.15. The first-order valence-electron chi connectivity index (χ1n) is 7.43. The molecule has 0 aliphatic carbocycles. The Kier molecular flexibility index (Phi) is 4.57. The maximum absolute atomic E-state index is 5.21. The molecule has 1 atom stereocenters. The van der Waals surface area contributed by atoms with Crippen LogP contribution in [0.4, 0.5) is 5.95 Å². The summed E-state index contributed by atoms with van der Waals surface area (Å²) < 4.78 is 5.21. The van der Waals surface area contributed by atoms with Crippen molar-refractivity contribution in [2.24, 2.45) is 0 Å². The van der Waals surface area contributed by atoms with Gasteiger partial charge in [0.2, 0.25) is 5.95 Å². The Balaban J connectivity index is 1.81. The van der Waals surface area contributed by atoms with Gasteiger partial charge in [0.05, 0.1) is 12.1 Å². The number of methoxy groups -OCH3 is 1. The van der Waals surface area contributed by atoms with Gasteiger partial charge in [0.1, 0.15) is 5.52 Å². The molecule has 21 heavy (non-hydrogen) atoms. The quantitative estimate of drug-likeness (QED) is 0.862. The fourth-order valence-corrected chi connectivity index (χ4v) is 2.66. The van der Waals surface area contributed by atoms with E-state index in [2.05, 4.69) is 25.4 Å². The summed E-state index contributed by atoms with van der Waals surface area (Å²) in [5.41, 5.74) is 1.70. The first-order valence-corrected chi connectivity index (χ1v) is 7.43. The largest absolute Gasteiger partial charge is 0.383 e. The summed E-state index contributed by atoms with van der Waals surface area (Å²) in [6.45, 7) is 3.42. The molecule has 6 nitrogen and oxygen atoms in total. The lowest BCUT2D eigenvalue weighted by Gasteiger charge is -2.25. The number of ether oxygens (including phenoxy) is 1. The molecule has 112 valence electrons. The smallest absolute Gasteiger partial charge is 0.246 e. The van der Waals surface area contributed by atoms with E-state index in [4.69, 9.17) is 4.74 Å². The number of hydrogen-bond donors (Lipinski definition) is 1. The third-order valence-electron chi connectivity index (χ3n) is 3.80. The Bertz CT molecular complexity index is 585. The number of hydrogen-bond acceptors (Lipinski definition) is 6. The molecule has 1 N–H and O–H groups in total. The number of aromatic nitrogens is 3. The summed E-state index contributed by atoms with van der Waals surface area (Å²) in [4.78, 5) is 6.80. The molecule has 3 rings (SSSR count). The summed E-state index contributed by atoms with van der Waals surface area (Å²) in [6, 6.07) is 8.31. The zero-order chi connectivity index (χ0) is 14.5. The van der Waals surface area contributed by atoms with Crippen molar-refractivity contribution in [2.75, 3.05) is 38.3 Å². The summed E-state index contributed by atoms with van der Waals surface area (Å²) in [6.07, 6.45) is 2.43. The number of para-hydroxylation sites is 1. The third-order valence-corrected chi connectivity index (χ3v) is 3.80. The van der Waals surface area contributed by atoms with Crippen molar-refractivity contribution in [3.05, 3.63) is 24.3 Å². The first kappa shape index (κ1) is 14.2. The molecule has 2 heterocycles. The van der Waals surface area contributed by atoms with E-state index in [1.165, 1.54) is 12.8 Å². The van der Waals surface area contributed by atoms with Gasteiger partial charge in [0.15, 0.2) is 0 Å². The van der Waals surface area contributed by atoms with E-state index in [9.17, 15) is 0 Å². The molecule has 0 amide bonds. The molecule has 1 aromatic carbocycles. The van der Waals surface area contributed by atoms with E-state index in [1.807, 2.05) is 24.3 Å². The van der Waals surface area contributed by atoms with Crippen LogP contribution in [0.3, 0.4) is 0 Å². The second-order valence-corrected chi connectivity index (χ2v) is 5.33. The highest BCUT2D eigenvalue weighted by atomic mass is 16.5. The Labute approximate surface area is 124 Å². The number of anilines is 1. The fraction of sp³-hybridized carbons (Fsp3) is 0.533. The van der Waals surface area contributed by atoms with Crippen LogP contribution in [-0.2, 0) is 4.74 Å². The molecule has 1 fully saturated rings. The molecule has 1 aliphatic rings. The minimum absolute atomic E-state index is 0.497. The zero-order valence-corrected chi connectivity index (χ0v) is 12.3. The fourth-order valence-electron chi connectivity index (χ4n) is 2.66. The molecule has 1 aliphatic heterocycles. The molecule has 1 aromatic heterocycles. The second-order valence-electron chi connectivity index (χ2n) is 5.33. The van der Waals surface area contributed by atoms with E-state index < -0.39 is 0 Å². The molecule has 1 saturated heterocycles. The van der Waals surface area contributed by atoms with E-state index in [0.29, 0.717) is 18.6 Å². The van der Waals surface area contributed by atoms with E-state index >= 15 is 0 Å². The summed E-state index contributed by atoms with van der Waals surface area (Å²) >= 11 is 0. The van der Waals surface area contributed by atoms with Crippen LogP contribution in [0, 0.1) is 0 Å². The Morgan fingerprint density at radius 1 is 1.29 bits per heavy atom. The van der Waals surface area contributed by atoms with Crippen molar-refractivity contribution in [3.8, 4) is 0 Å². The van der Waals surface area contributed by atoms with Gasteiger partial charge in [0, 0.05) is 26.2 Å². The Hall–Kier alpha value is -1.79. The SMILES string of the molecule is COCCN(CC1CCCN1)c1nnc2ccccc2n1. The predicted molar refractivity (Wildman–Crippen MR) is 82.4 cm³/mol. The lowest BCUT2D eigenvalue weighted by Crippen LogP contribution is -2.40. The molecular weight excluding hydrogens is 266 g/mol. The van der Waals surface area contributed by atoms with E-state index in [-0.39, 0.29) is 0 Å². The van der Waals surface area contributed by atoms with Gasteiger partial charge in [-0.1, -0.05) is 12.1 Å². The Morgan fingerprint density at radius 2 is 2.14 bits per heavy atom. The van der Waals surface area contributed by atoms with Gasteiger partial charge in [-0.2, -0.15) is 0 Å². The van der Waals surface area contributed by atoms with Crippen LogP contribution < -0.4 is 10.2 Å². The first-order chi connectivity index (χ1) is 10.4. The van der Waals surface area contributed by atoms with Crippen molar-refractivity contribution in [1.29, 1.82) is 0 Å². The van der Waals surface area contributed by atoms with Gasteiger partial charge in [0.25, 0.3) is 0 Å². The highest BCUT2D eigenvalue weighted by molar-refractivity contribution is 5.74. The van der Waals surface area contributed by atoms with Crippen LogP contribution in [0.25, 0.3) is 11.0 Å². The third kappa shape index (κ3) is 3.46. The van der Waals surface area contributed by atoms with Crippen LogP contribution in [0.1, 0.15) is 12.8 Å². The highest BCUT2D eigenvalue weighted by Gasteiger charge is 2.20. The summed E-state index contributed by atoms with van der Waals surface area (Å²) in [7, 11) is 1.71. The van der Waals surface area contributed by atoms with Crippen molar-refractivity contribution in [1.82, 2.24) is 20.5 Å². The van der Waals surface area contributed by atoms with Gasteiger partial charge >= 0.3 is 0 Å². The molecule has 0 spiro atoms. The average Bonchev–Trinajstić information content (AvgIpc) is 3.04. The number of fused-ring (bicyclic) bond motifs is 1. The molecule has 0 saturated carbocycles. The molecular formula is C15H21N5O. The maximum Gasteiger partial charge on any atom is 0.246 e.